The summed E-state index contributed by atoms with van der Waals surface area (Å²) in [7, 11) is 3.85. The van der Waals surface area contributed by atoms with Gasteiger partial charge in [0.2, 0.25) is 0 Å². The highest BCUT2D eigenvalue weighted by Gasteiger charge is 2.24. The Balaban J connectivity index is 1.80. The maximum atomic E-state index is 5.11. The first-order valence-electron chi connectivity index (χ1n) is 7.97. The second-order valence-corrected chi connectivity index (χ2v) is 5.99. The molecular formula is C16H29N3O. The number of nitrogens with zero attached hydrogens (tertiary/aromatic N) is 2. The standard InChI is InChI=1S/C16H29N3O/c1-19-11-9-18-16(19)8-7-15(13-17-10-12-20-2)14-5-3-4-6-14/h9,11,14-15,17H,3-8,10,12-13H2,1-2H3. The van der Waals surface area contributed by atoms with Crippen molar-refractivity contribution in [3.05, 3.63) is 18.2 Å². The van der Waals surface area contributed by atoms with Crippen LogP contribution in [0, 0.1) is 11.8 Å². The number of ether oxygens (including phenoxy) is 1. The van der Waals surface area contributed by atoms with Gasteiger partial charge in [-0.15, -0.1) is 0 Å². The lowest BCUT2D eigenvalue weighted by molar-refractivity contribution is 0.194. The van der Waals surface area contributed by atoms with Gasteiger partial charge in [-0.1, -0.05) is 25.7 Å². The molecule has 1 heterocycles. The molecule has 1 atom stereocenters. The summed E-state index contributed by atoms with van der Waals surface area (Å²) >= 11 is 0. The number of imidazole rings is 1. The monoisotopic (exact) mass is 279 g/mol. The first kappa shape index (κ1) is 15.5. The summed E-state index contributed by atoms with van der Waals surface area (Å²) in [6.07, 6.45) is 11.9. The fraction of sp³-hybridized carbons (Fsp3) is 0.812. The van der Waals surface area contributed by atoms with Gasteiger partial charge < -0.3 is 14.6 Å². The first-order valence-corrected chi connectivity index (χ1v) is 7.97. The summed E-state index contributed by atoms with van der Waals surface area (Å²) in [6.45, 7) is 2.89. The summed E-state index contributed by atoms with van der Waals surface area (Å²) < 4.78 is 7.25. The molecule has 0 radical (unpaired) electrons. The van der Waals surface area contributed by atoms with Gasteiger partial charge in [-0.3, -0.25) is 0 Å². The van der Waals surface area contributed by atoms with Crippen molar-refractivity contribution in [3.63, 3.8) is 0 Å². The van der Waals surface area contributed by atoms with E-state index in [2.05, 4.69) is 21.9 Å². The van der Waals surface area contributed by atoms with E-state index in [4.69, 9.17) is 4.74 Å². The van der Waals surface area contributed by atoms with Crippen LogP contribution in [0.25, 0.3) is 0 Å². The van der Waals surface area contributed by atoms with Crippen LogP contribution in [0.15, 0.2) is 12.4 Å². The van der Waals surface area contributed by atoms with Gasteiger partial charge in [0.1, 0.15) is 5.82 Å². The Hall–Kier alpha value is -0.870. The Morgan fingerprint density at radius 3 is 2.90 bits per heavy atom. The van der Waals surface area contributed by atoms with E-state index in [1.54, 1.807) is 7.11 Å². The first-order chi connectivity index (χ1) is 9.81. The Kier molecular flexibility index (Phi) is 6.54. The van der Waals surface area contributed by atoms with Crippen LogP contribution in [0.4, 0.5) is 0 Å². The zero-order valence-corrected chi connectivity index (χ0v) is 13.0. The minimum absolute atomic E-state index is 0.783. The van der Waals surface area contributed by atoms with Gasteiger partial charge in [0.25, 0.3) is 0 Å². The van der Waals surface area contributed by atoms with Crippen LogP contribution < -0.4 is 5.32 Å². The maximum Gasteiger partial charge on any atom is 0.108 e. The molecule has 0 bridgehead atoms. The third-order valence-electron chi connectivity index (χ3n) is 4.62. The molecule has 0 saturated heterocycles. The molecule has 1 saturated carbocycles. The molecule has 1 aromatic heterocycles. The smallest absolute Gasteiger partial charge is 0.108 e. The summed E-state index contributed by atoms with van der Waals surface area (Å²) in [5, 5.41) is 3.56. The summed E-state index contributed by atoms with van der Waals surface area (Å²) in [5.74, 6) is 2.90. The van der Waals surface area contributed by atoms with E-state index in [-0.39, 0.29) is 0 Å². The average Bonchev–Trinajstić information content (AvgIpc) is 3.10. The lowest BCUT2D eigenvalue weighted by atomic mass is 9.87. The van der Waals surface area contributed by atoms with Crippen molar-refractivity contribution >= 4 is 0 Å². The number of methoxy groups -OCH3 is 1. The molecule has 4 nitrogen and oxygen atoms in total. The topological polar surface area (TPSA) is 39.1 Å². The molecule has 1 N–H and O–H groups in total. The molecule has 4 heteroatoms. The van der Waals surface area contributed by atoms with Crippen LogP contribution in [-0.2, 0) is 18.2 Å². The molecule has 1 unspecified atom stereocenters. The fourth-order valence-electron chi connectivity index (χ4n) is 3.35. The lowest BCUT2D eigenvalue weighted by Gasteiger charge is -2.24. The van der Waals surface area contributed by atoms with Gasteiger partial charge in [0.05, 0.1) is 6.61 Å². The highest BCUT2D eigenvalue weighted by Crippen LogP contribution is 2.33. The highest BCUT2D eigenvalue weighted by atomic mass is 16.5. The van der Waals surface area contributed by atoms with Crippen LogP contribution in [-0.4, -0.2) is 36.4 Å². The summed E-state index contributed by atoms with van der Waals surface area (Å²) in [4.78, 5) is 4.45. The van der Waals surface area contributed by atoms with E-state index in [9.17, 15) is 0 Å². The molecule has 0 aliphatic heterocycles. The molecule has 0 spiro atoms. The van der Waals surface area contributed by atoms with E-state index in [1.165, 1.54) is 37.9 Å². The zero-order chi connectivity index (χ0) is 14.2. The Morgan fingerprint density at radius 1 is 1.45 bits per heavy atom. The predicted octanol–water partition coefficient (Wildman–Crippen LogP) is 2.40. The van der Waals surface area contributed by atoms with Crippen LogP contribution in [0.2, 0.25) is 0 Å². The molecule has 1 aliphatic rings. The van der Waals surface area contributed by atoms with E-state index < -0.39 is 0 Å². The highest BCUT2D eigenvalue weighted by molar-refractivity contribution is 4.92. The van der Waals surface area contributed by atoms with E-state index >= 15 is 0 Å². The van der Waals surface area contributed by atoms with Crippen molar-refractivity contribution in [1.82, 2.24) is 14.9 Å². The molecule has 1 fully saturated rings. The van der Waals surface area contributed by atoms with Crippen molar-refractivity contribution < 1.29 is 4.74 Å². The van der Waals surface area contributed by atoms with Crippen molar-refractivity contribution in [2.45, 2.75) is 38.5 Å². The number of hydrogen-bond donors (Lipinski definition) is 1. The third-order valence-corrected chi connectivity index (χ3v) is 4.62. The van der Waals surface area contributed by atoms with E-state index in [1.807, 2.05) is 12.4 Å². The number of hydrogen-bond acceptors (Lipinski definition) is 3. The Morgan fingerprint density at radius 2 is 2.25 bits per heavy atom. The molecular weight excluding hydrogens is 250 g/mol. The van der Waals surface area contributed by atoms with E-state index in [0.29, 0.717) is 0 Å². The number of rotatable bonds is 9. The molecule has 0 aromatic carbocycles. The second kappa shape index (κ2) is 8.42. The van der Waals surface area contributed by atoms with Crippen molar-refractivity contribution in [2.24, 2.45) is 18.9 Å². The minimum atomic E-state index is 0.783. The fourth-order valence-corrected chi connectivity index (χ4v) is 3.35. The molecule has 1 aromatic rings. The normalized spacial score (nSPS) is 17.7. The van der Waals surface area contributed by atoms with Crippen molar-refractivity contribution in [3.8, 4) is 0 Å². The maximum absolute atomic E-state index is 5.11. The molecule has 114 valence electrons. The van der Waals surface area contributed by atoms with Gasteiger partial charge in [-0.2, -0.15) is 0 Å². The second-order valence-electron chi connectivity index (χ2n) is 5.99. The third kappa shape index (κ3) is 4.60. The van der Waals surface area contributed by atoms with Crippen LogP contribution in [0.1, 0.15) is 37.9 Å². The zero-order valence-electron chi connectivity index (χ0n) is 13.0. The molecule has 1 aliphatic carbocycles. The lowest BCUT2D eigenvalue weighted by Crippen LogP contribution is -2.30. The van der Waals surface area contributed by atoms with Crippen molar-refractivity contribution in [1.29, 1.82) is 0 Å². The van der Waals surface area contributed by atoms with Gasteiger partial charge in [0.15, 0.2) is 0 Å². The van der Waals surface area contributed by atoms with Crippen molar-refractivity contribution in [2.75, 3.05) is 26.8 Å². The number of nitrogens with one attached hydrogen (secondary N) is 1. The van der Waals surface area contributed by atoms with Crippen LogP contribution in [0.3, 0.4) is 0 Å². The largest absolute Gasteiger partial charge is 0.383 e. The summed E-state index contributed by atoms with van der Waals surface area (Å²) in [5.41, 5.74) is 0. The minimum Gasteiger partial charge on any atom is -0.383 e. The molecule has 20 heavy (non-hydrogen) atoms. The number of aromatic nitrogens is 2. The molecule has 0 amide bonds. The van der Waals surface area contributed by atoms with Gasteiger partial charge in [0, 0.05) is 39.5 Å². The quantitative estimate of drug-likeness (QED) is 0.706. The number of aryl methyl sites for hydroxylation is 2. The van der Waals surface area contributed by atoms with Gasteiger partial charge >= 0.3 is 0 Å². The molecule has 2 rings (SSSR count). The SMILES string of the molecule is COCCNCC(CCc1nccn1C)C1CCCC1. The average molecular weight is 279 g/mol. The van der Waals surface area contributed by atoms with E-state index in [0.717, 1.165) is 38.0 Å². The Labute approximate surface area is 122 Å². The van der Waals surface area contributed by atoms with Crippen LogP contribution >= 0.6 is 0 Å². The summed E-state index contributed by atoms with van der Waals surface area (Å²) in [6, 6.07) is 0. The predicted molar refractivity (Wildman–Crippen MR) is 81.7 cm³/mol. The van der Waals surface area contributed by atoms with Crippen LogP contribution in [0.5, 0.6) is 0 Å². The van der Waals surface area contributed by atoms with Gasteiger partial charge in [-0.05, 0) is 24.8 Å². The Bertz CT molecular complexity index is 372. The van der Waals surface area contributed by atoms with Gasteiger partial charge in [-0.25, -0.2) is 4.98 Å².